The van der Waals surface area contributed by atoms with Crippen molar-refractivity contribution in [2.24, 2.45) is 0 Å². The highest BCUT2D eigenvalue weighted by atomic mass is 19.1. The van der Waals surface area contributed by atoms with Gasteiger partial charge in [0.1, 0.15) is 11.6 Å². The van der Waals surface area contributed by atoms with Gasteiger partial charge >= 0.3 is 0 Å². The Kier molecular flexibility index (Phi) is 4.78. The lowest BCUT2D eigenvalue weighted by Gasteiger charge is -2.16. The van der Waals surface area contributed by atoms with Gasteiger partial charge in [-0.1, -0.05) is 12.1 Å². The second-order valence-corrected chi connectivity index (χ2v) is 5.06. The van der Waals surface area contributed by atoms with Crippen molar-refractivity contribution in [1.82, 2.24) is 0 Å². The van der Waals surface area contributed by atoms with E-state index in [0.29, 0.717) is 11.3 Å². The molecule has 0 amide bonds. The zero-order valence-corrected chi connectivity index (χ0v) is 11.8. The van der Waals surface area contributed by atoms with Crippen LogP contribution in [0.4, 0.5) is 10.1 Å². The van der Waals surface area contributed by atoms with Crippen molar-refractivity contribution in [3.05, 3.63) is 59.4 Å². The van der Waals surface area contributed by atoms with Crippen molar-refractivity contribution in [2.75, 3.05) is 5.32 Å². The van der Waals surface area contributed by atoms with Gasteiger partial charge in [-0.3, -0.25) is 0 Å². The number of nitrogens with zero attached hydrogens (tertiary/aromatic N) is 1. The number of phenols is 1. The average Bonchev–Trinajstić information content (AvgIpc) is 2.48. The van der Waals surface area contributed by atoms with E-state index >= 15 is 0 Å². The third-order valence-electron chi connectivity index (χ3n) is 3.30. The quantitative estimate of drug-likeness (QED) is 0.877. The Morgan fingerprint density at radius 3 is 2.57 bits per heavy atom. The number of aromatic hydroxyl groups is 1. The second-order valence-electron chi connectivity index (χ2n) is 5.06. The average molecular weight is 284 g/mol. The Morgan fingerprint density at radius 1 is 1.24 bits per heavy atom. The molecule has 0 fully saturated rings. The van der Waals surface area contributed by atoms with E-state index in [2.05, 4.69) is 5.32 Å². The molecule has 0 aliphatic heterocycles. The van der Waals surface area contributed by atoms with E-state index in [-0.39, 0.29) is 11.8 Å². The molecule has 3 nitrogen and oxygen atoms in total. The summed E-state index contributed by atoms with van der Waals surface area (Å²) in [6.07, 6.45) is 1.68. The van der Waals surface area contributed by atoms with Gasteiger partial charge in [-0.25, -0.2) is 4.39 Å². The monoisotopic (exact) mass is 284 g/mol. The van der Waals surface area contributed by atoms with Gasteiger partial charge < -0.3 is 10.4 Å². The maximum atomic E-state index is 13.8. The van der Waals surface area contributed by atoms with E-state index < -0.39 is 5.82 Å². The largest absolute Gasteiger partial charge is 0.508 e. The van der Waals surface area contributed by atoms with E-state index in [4.69, 9.17) is 5.26 Å². The molecule has 0 bridgehead atoms. The highest BCUT2D eigenvalue weighted by molar-refractivity contribution is 5.49. The van der Waals surface area contributed by atoms with Gasteiger partial charge in [-0.15, -0.1) is 0 Å². The van der Waals surface area contributed by atoms with Gasteiger partial charge in [0.2, 0.25) is 0 Å². The predicted octanol–water partition coefficient (Wildman–Crippen LogP) is 3.84. The fraction of sp³-hybridized carbons (Fsp3) is 0.235. The molecule has 0 heterocycles. The molecular formula is C17H17FN2O. The van der Waals surface area contributed by atoms with Crippen LogP contribution >= 0.6 is 0 Å². The minimum atomic E-state index is -0.412. The first-order valence-corrected chi connectivity index (χ1v) is 6.82. The van der Waals surface area contributed by atoms with Crippen molar-refractivity contribution in [3.8, 4) is 11.8 Å². The van der Waals surface area contributed by atoms with Gasteiger partial charge in [0.15, 0.2) is 0 Å². The molecule has 0 aliphatic carbocycles. The first-order chi connectivity index (χ1) is 10.1. The van der Waals surface area contributed by atoms with E-state index in [1.807, 2.05) is 25.1 Å². The Morgan fingerprint density at radius 2 is 1.95 bits per heavy atom. The van der Waals surface area contributed by atoms with Crippen molar-refractivity contribution in [2.45, 2.75) is 25.8 Å². The topological polar surface area (TPSA) is 56.0 Å². The summed E-state index contributed by atoms with van der Waals surface area (Å²) in [6.45, 7) is 1.98. The van der Waals surface area contributed by atoms with Crippen LogP contribution in [0.5, 0.6) is 5.75 Å². The first kappa shape index (κ1) is 14.9. The molecule has 2 N–H and O–H groups in total. The molecule has 0 saturated carbocycles. The van der Waals surface area contributed by atoms with Crippen LogP contribution in [0.3, 0.4) is 0 Å². The maximum absolute atomic E-state index is 13.8. The van der Waals surface area contributed by atoms with Crippen LogP contribution in [-0.2, 0) is 6.42 Å². The Labute approximate surface area is 123 Å². The van der Waals surface area contributed by atoms with Crippen molar-refractivity contribution >= 4 is 5.69 Å². The third-order valence-corrected chi connectivity index (χ3v) is 3.30. The van der Waals surface area contributed by atoms with Crippen molar-refractivity contribution in [1.29, 1.82) is 5.26 Å². The molecule has 0 aliphatic rings. The van der Waals surface area contributed by atoms with E-state index in [1.54, 1.807) is 24.3 Å². The fourth-order valence-electron chi connectivity index (χ4n) is 2.09. The molecule has 4 heteroatoms. The van der Waals surface area contributed by atoms with Crippen molar-refractivity contribution in [3.63, 3.8) is 0 Å². The molecule has 21 heavy (non-hydrogen) atoms. The Hall–Kier alpha value is -2.54. The predicted molar refractivity (Wildman–Crippen MR) is 80.6 cm³/mol. The lowest BCUT2D eigenvalue weighted by molar-refractivity contribution is 0.475. The van der Waals surface area contributed by atoms with Crippen LogP contribution in [-0.4, -0.2) is 11.1 Å². The SMILES string of the molecule is CC(CCc1ccc(O)cc1)Nc1ccc(C#N)cc1F. The van der Waals surface area contributed by atoms with Crippen LogP contribution in [0, 0.1) is 17.1 Å². The number of hydrogen-bond donors (Lipinski definition) is 2. The molecule has 0 saturated heterocycles. The summed E-state index contributed by atoms with van der Waals surface area (Å²) in [5.74, 6) is -0.157. The van der Waals surface area contributed by atoms with Gasteiger partial charge in [0.05, 0.1) is 17.3 Å². The van der Waals surface area contributed by atoms with Gasteiger partial charge in [0.25, 0.3) is 0 Å². The smallest absolute Gasteiger partial charge is 0.147 e. The summed E-state index contributed by atoms with van der Waals surface area (Å²) in [5, 5.41) is 21.0. The number of anilines is 1. The minimum Gasteiger partial charge on any atom is -0.508 e. The fourth-order valence-corrected chi connectivity index (χ4v) is 2.09. The number of phenolic OH excluding ortho intramolecular Hbond substituents is 1. The lowest BCUT2D eigenvalue weighted by Crippen LogP contribution is -2.16. The summed E-state index contributed by atoms with van der Waals surface area (Å²) in [7, 11) is 0. The zero-order chi connectivity index (χ0) is 15.2. The molecule has 108 valence electrons. The Bertz CT molecular complexity index is 647. The van der Waals surface area contributed by atoms with Crippen LogP contribution < -0.4 is 5.32 Å². The summed E-state index contributed by atoms with van der Waals surface area (Å²) in [4.78, 5) is 0. The third kappa shape index (κ3) is 4.22. The maximum Gasteiger partial charge on any atom is 0.147 e. The van der Waals surface area contributed by atoms with E-state index in [9.17, 15) is 9.50 Å². The highest BCUT2D eigenvalue weighted by Crippen LogP contribution is 2.18. The van der Waals surface area contributed by atoms with E-state index in [1.165, 1.54) is 6.07 Å². The summed E-state index contributed by atoms with van der Waals surface area (Å²) >= 11 is 0. The molecule has 2 aromatic carbocycles. The number of aryl methyl sites for hydroxylation is 1. The number of halogens is 1. The molecule has 1 atom stereocenters. The first-order valence-electron chi connectivity index (χ1n) is 6.82. The van der Waals surface area contributed by atoms with E-state index in [0.717, 1.165) is 18.4 Å². The van der Waals surface area contributed by atoms with Crippen LogP contribution in [0.1, 0.15) is 24.5 Å². The highest BCUT2D eigenvalue weighted by Gasteiger charge is 2.07. The summed E-state index contributed by atoms with van der Waals surface area (Å²) in [6, 6.07) is 13.5. The number of rotatable bonds is 5. The minimum absolute atomic E-state index is 0.0984. The molecular weight excluding hydrogens is 267 g/mol. The molecule has 0 spiro atoms. The van der Waals surface area contributed by atoms with Crippen LogP contribution in [0.2, 0.25) is 0 Å². The molecule has 1 unspecified atom stereocenters. The van der Waals surface area contributed by atoms with Gasteiger partial charge in [0, 0.05) is 6.04 Å². The number of nitrogens with one attached hydrogen (secondary N) is 1. The summed E-state index contributed by atoms with van der Waals surface area (Å²) in [5.41, 5.74) is 1.85. The molecule has 0 radical (unpaired) electrons. The van der Waals surface area contributed by atoms with Gasteiger partial charge in [-0.05, 0) is 55.7 Å². The standard InChI is InChI=1S/C17H17FN2O/c1-12(2-3-13-4-7-15(21)8-5-13)20-17-9-6-14(11-19)10-16(17)18/h4-10,12,20-21H,2-3H2,1H3. The second kappa shape index (κ2) is 6.76. The van der Waals surface area contributed by atoms with Crippen molar-refractivity contribution < 1.29 is 9.50 Å². The molecule has 2 aromatic rings. The molecule has 2 rings (SSSR count). The summed E-state index contributed by atoms with van der Waals surface area (Å²) < 4.78 is 13.8. The number of nitriles is 1. The van der Waals surface area contributed by atoms with Crippen LogP contribution in [0.15, 0.2) is 42.5 Å². The molecule has 0 aromatic heterocycles. The number of benzene rings is 2. The zero-order valence-electron chi connectivity index (χ0n) is 11.8. The van der Waals surface area contributed by atoms with Gasteiger partial charge in [-0.2, -0.15) is 5.26 Å². The Balaban J connectivity index is 1.91. The normalized spacial score (nSPS) is 11.7. The lowest BCUT2D eigenvalue weighted by atomic mass is 10.1. The van der Waals surface area contributed by atoms with Crippen LogP contribution in [0.25, 0.3) is 0 Å². The number of hydrogen-bond acceptors (Lipinski definition) is 3.